The van der Waals surface area contributed by atoms with E-state index in [2.05, 4.69) is 15.3 Å². The molecule has 0 unspecified atom stereocenters. The van der Waals surface area contributed by atoms with Crippen molar-refractivity contribution in [2.75, 3.05) is 11.9 Å². The summed E-state index contributed by atoms with van der Waals surface area (Å²) in [6.45, 7) is 2.61. The zero-order valence-electron chi connectivity index (χ0n) is 11.3. The van der Waals surface area contributed by atoms with E-state index in [1.807, 2.05) is 37.3 Å². The van der Waals surface area contributed by atoms with Gasteiger partial charge in [0.25, 0.3) is 0 Å². The summed E-state index contributed by atoms with van der Waals surface area (Å²) in [6.07, 6.45) is 1.62. The number of rotatable bonds is 4. The van der Waals surface area contributed by atoms with Crippen molar-refractivity contribution >= 4 is 32.4 Å². The molecule has 2 heterocycles. The van der Waals surface area contributed by atoms with Gasteiger partial charge in [-0.05, 0) is 37.3 Å². The zero-order chi connectivity index (χ0) is 14.7. The van der Waals surface area contributed by atoms with E-state index in [1.54, 1.807) is 23.6 Å². The third-order valence-electron chi connectivity index (χ3n) is 2.80. The number of ether oxygens (including phenoxy) is 1. The molecule has 0 amide bonds. The van der Waals surface area contributed by atoms with Crippen LogP contribution in [0.2, 0.25) is 0 Å². The molecule has 0 saturated heterocycles. The van der Waals surface area contributed by atoms with E-state index in [1.165, 1.54) is 0 Å². The molecule has 1 aromatic carbocycles. The van der Waals surface area contributed by atoms with Crippen LogP contribution in [0.15, 0.2) is 36.5 Å². The zero-order valence-corrected chi connectivity index (χ0v) is 12.1. The first kappa shape index (κ1) is 13.3. The summed E-state index contributed by atoms with van der Waals surface area (Å²) in [6, 6.07) is 11.3. The topological polar surface area (TPSA) is 70.8 Å². The van der Waals surface area contributed by atoms with Crippen LogP contribution in [0, 0.1) is 11.3 Å². The van der Waals surface area contributed by atoms with Crippen molar-refractivity contribution in [3.63, 3.8) is 0 Å². The maximum absolute atomic E-state index is 8.73. The summed E-state index contributed by atoms with van der Waals surface area (Å²) in [4.78, 5) is 8.53. The van der Waals surface area contributed by atoms with Crippen molar-refractivity contribution in [3.05, 3.63) is 42.2 Å². The molecule has 3 aromatic rings. The number of nitrogens with one attached hydrogen (secondary N) is 1. The molecule has 21 heavy (non-hydrogen) atoms. The average molecular weight is 296 g/mol. The van der Waals surface area contributed by atoms with Crippen LogP contribution in [0.1, 0.15) is 12.6 Å². The van der Waals surface area contributed by atoms with E-state index in [-0.39, 0.29) is 0 Å². The second-order valence-corrected chi connectivity index (χ2v) is 5.28. The van der Waals surface area contributed by atoms with E-state index in [4.69, 9.17) is 10.00 Å². The second kappa shape index (κ2) is 5.77. The van der Waals surface area contributed by atoms with Crippen molar-refractivity contribution in [2.24, 2.45) is 0 Å². The number of fused-ring (bicyclic) bond motifs is 1. The van der Waals surface area contributed by atoms with Crippen LogP contribution >= 0.6 is 11.3 Å². The maximum Gasteiger partial charge on any atom is 0.188 e. The summed E-state index contributed by atoms with van der Waals surface area (Å²) in [5.41, 5.74) is 2.12. The normalized spacial score (nSPS) is 10.3. The molecule has 0 aliphatic rings. The number of benzene rings is 1. The molecule has 0 aliphatic heterocycles. The minimum atomic E-state index is 0.395. The van der Waals surface area contributed by atoms with E-state index in [0.717, 1.165) is 26.8 Å². The lowest BCUT2D eigenvalue weighted by molar-refractivity contribution is 0.341. The molecule has 5 nitrogen and oxygen atoms in total. The van der Waals surface area contributed by atoms with Crippen LogP contribution in [-0.2, 0) is 0 Å². The molecule has 104 valence electrons. The lowest BCUT2D eigenvalue weighted by Crippen LogP contribution is -1.91. The van der Waals surface area contributed by atoms with Crippen LogP contribution < -0.4 is 10.1 Å². The van der Waals surface area contributed by atoms with Crippen LogP contribution in [0.25, 0.3) is 10.2 Å². The molecule has 0 atom stereocenters. The Morgan fingerprint density at radius 2 is 2.24 bits per heavy atom. The molecule has 0 bridgehead atoms. The van der Waals surface area contributed by atoms with Gasteiger partial charge >= 0.3 is 0 Å². The fourth-order valence-electron chi connectivity index (χ4n) is 1.87. The third kappa shape index (κ3) is 2.93. The maximum atomic E-state index is 8.73. The smallest absolute Gasteiger partial charge is 0.188 e. The molecular formula is C15H12N4OS. The number of nitriles is 1. The number of pyridine rings is 1. The van der Waals surface area contributed by atoms with Gasteiger partial charge in [0.05, 0.1) is 28.7 Å². The van der Waals surface area contributed by atoms with Crippen molar-refractivity contribution in [1.82, 2.24) is 9.97 Å². The monoisotopic (exact) mass is 296 g/mol. The van der Waals surface area contributed by atoms with Gasteiger partial charge in [-0.25, -0.2) is 9.97 Å². The fraction of sp³-hybridized carbons (Fsp3) is 0.133. The standard InChI is InChI=1S/C15H12N4OS/c1-2-20-12-5-6-13-14(7-12)21-15(19-13)18-11-4-3-10(8-16)17-9-11/h3-7,9H,2H2,1H3,(H,18,19). The Hall–Kier alpha value is -2.65. The van der Waals surface area contributed by atoms with Crippen molar-refractivity contribution in [3.8, 4) is 11.8 Å². The summed E-state index contributed by atoms with van der Waals surface area (Å²) >= 11 is 1.55. The first-order valence-corrected chi connectivity index (χ1v) is 7.26. The summed E-state index contributed by atoms with van der Waals surface area (Å²) in [7, 11) is 0. The second-order valence-electron chi connectivity index (χ2n) is 4.25. The fourth-order valence-corrected chi connectivity index (χ4v) is 2.79. The third-order valence-corrected chi connectivity index (χ3v) is 3.73. The predicted octanol–water partition coefficient (Wildman–Crippen LogP) is 3.71. The van der Waals surface area contributed by atoms with E-state index in [9.17, 15) is 0 Å². The van der Waals surface area contributed by atoms with Gasteiger partial charge in [-0.15, -0.1) is 0 Å². The van der Waals surface area contributed by atoms with Crippen LogP contribution in [0.4, 0.5) is 10.8 Å². The number of anilines is 2. The minimum Gasteiger partial charge on any atom is -0.494 e. The van der Waals surface area contributed by atoms with E-state index < -0.39 is 0 Å². The number of aromatic nitrogens is 2. The summed E-state index contributed by atoms with van der Waals surface area (Å²) in [5, 5.41) is 12.7. The van der Waals surface area contributed by atoms with Gasteiger partial charge in [0.1, 0.15) is 17.5 Å². The lowest BCUT2D eigenvalue weighted by atomic mass is 10.3. The molecule has 0 radical (unpaired) electrons. The molecule has 0 spiro atoms. The van der Waals surface area contributed by atoms with Gasteiger partial charge in [0.2, 0.25) is 0 Å². The highest BCUT2D eigenvalue weighted by molar-refractivity contribution is 7.22. The van der Waals surface area contributed by atoms with Crippen LogP contribution in [-0.4, -0.2) is 16.6 Å². The van der Waals surface area contributed by atoms with Crippen LogP contribution in [0.3, 0.4) is 0 Å². The quantitative estimate of drug-likeness (QED) is 0.794. The molecule has 0 aliphatic carbocycles. The predicted molar refractivity (Wildman–Crippen MR) is 83.0 cm³/mol. The Morgan fingerprint density at radius 3 is 2.95 bits per heavy atom. The van der Waals surface area contributed by atoms with Crippen molar-refractivity contribution in [1.29, 1.82) is 5.26 Å². The van der Waals surface area contributed by atoms with E-state index >= 15 is 0 Å². The van der Waals surface area contributed by atoms with E-state index in [0.29, 0.717) is 12.3 Å². The van der Waals surface area contributed by atoms with Gasteiger partial charge in [0, 0.05) is 0 Å². The minimum absolute atomic E-state index is 0.395. The SMILES string of the molecule is CCOc1ccc2nc(Nc3ccc(C#N)nc3)sc2c1. The highest BCUT2D eigenvalue weighted by Gasteiger charge is 2.06. The molecule has 0 saturated carbocycles. The number of nitrogens with zero attached hydrogens (tertiary/aromatic N) is 3. The summed E-state index contributed by atoms with van der Waals surface area (Å²) in [5.74, 6) is 0.847. The summed E-state index contributed by atoms with van der Waals surface area (Å²) < 4.78 is 6.55. The number of hydrogen-bond acceptors (Lipinski definition) is 6. The lowest BCUT2D eigenvalue weighted by Gasteiger charge is -2.00. The van der Waals surface area contributed by atoms with Gasteiger partial charge < -0.3 is 10.1 Å². The molecule has 1 N–H and O–H groups in total. The Bertz CT molecular complexity index is 805. The molecule has 3 rings (SSSR count). The van der Waals surface area contributed by atoms with Gasteiger partial charge in [0.15, 0.2) is 5.13 Å². The van der Waals surface area contributed by atoms with Crippen molar-refractivity contribution in [2.45, 2.75) is 6.92 Å². The van der Waals surface area contributed by atoms with Gasteiger partial charge in [-0.2, -0.15) is 5.26 Å². The first-order valence-electron chi connectivity index (χ1n) is 6.45. The van der Waals surface area contributed by atoms with Crippen molar-refractivity contribution < 1.29 is 4.74 Å². The molecule has 0 fully saturated rings. The molecule has 2 aromatic heterocycles. The Labute approximate surface area is 125 Å². The van der Waals surface area contributed by atoms with Crippen LogP contribution in [0.5, 0.6) is 5.75 Å². The first-order chi connectivity index (χ1) is 10.3. The highest BCUT2D eigenvalue weighted by Crippen LogP contribution is 2.30. The Kier molecular flexibility index (Phi) is 3.67. The highest BCUT2D eigenvalue weighted by atomic mass is 32.1. The largest absolute Gasteiger partial charge is 0.494 e. The molecule has 6 heteroatoms. The average Bonchev–Trinajstić information content (AvgIpc) is 2.90. The Balaban J connectivity index is 1.85. The molecular weight excluding hydrogens is 284 g/mol. The van der Waals surface area contributed by atoms with Gasteiger partial charge in [-0.3, -0.25) is 0 Å². The Morgan fingerprint density at radius 1 is 1.33 bits per heavy atom. The number of thiazole rings is 1. The number of hydrogen-bond donors (Lipinski definition) is 1. The van der Waals surface area contributed by atoms with Gasteiger partial charge in [-0.1, -0.05) is 11.3 Å².